The molecule has 0 amide bonds. The Balaban J connectivity index is 2.53. The van der Waals surface area contributed by atoms with E-state index in [-0.39, 0.29) is 6.67 Å². The van der Waals surface area contributed by atoms with Gasteiger partial charge in [0.2, 0.25) is 0 Å². The van der Waals surface area contributed by atoms with Crippen LogP contribution in [0.2, 0.25) is 0 Å². The van der Waals surface area contributed by atoms with Gasteiger partial charge < -0.3 is 0 Å². The van der Waals surface area contributed by atoms with Crippen LogP contribution < -0.4 is 5.32 Å². The van der Waals surface area contributed by atoms with E-state index < -0.39 is 12.2 Å². The molecular weight excluding hydrogens is 133 g/mol. The molecule has 1 aliphatic heterocycles. The molecule has 1 rings (SSSR count). The smallest absolute Gasteiger partial charge is 0.283 e. The van der Waals surface area contributed by atoms with E-state index in [2.05, 4.69) is 10.3 Å². The monoisotopic (exact) mass is 138 g/mol. The fraction of sp³-hybridized carbons (Fsp3) is 0.750. The van der Waals surface area contributed by atoms with Gasteiger partial charge in [0.25, 0.3) is 0 Å². The number of halogens is 3. The third kappa shape index (κ3) is 1.41. The summed E-state index contributed by atoms with van der Waals surface area (Å²) in [5.74, 6) is 0. The topological polar surface area (TPSA) is 24.4 Å². The predicted molar refractivity (Wildman–Crippen MR) is 26.3 cm³/mol. The first kappa shape index (κ1) is 6.54. The molecule has 2 nitrogen and oxygen atoms in total. The molecule has 0 radical (unpaired) electrons. The quantitative estimate of drug-likeness (QED) is 0.519. The van der Waals surface area contributed by atoms with Crippen molar-refractivity contribution in [2.75, 3.05) is 6.67 Å². The maximum atomic E-state index is 11.6. The van der Waals surface area contributed by atoms with Gasteiger partial charge in [0, 0.05) is 6.21 Å². The number of nitrogens with one attached hydrogen (secondary N) is 1. The van der Waals surface area contributed by atoms with E-state index in [1.807, 2.05) is 0 Å². The van der Waals surface area contributed by atoms with Gasteiger partial charge in [0.05, 0.1) is 6.67 Å². The second kappa shape index (κ2) is 1.98. The molecule has 9 heavy (non-hydrogen) atoms. The highest BCUT2D eigenvalue weighted by Gasteiger charge is 2.39. The van der Waals surface area contributed by atoms with Crippen LogP contribution in [-0.4, -0.2) is 25.1 Å². The molecule has 5 heteroatoms. The fourth-order valence-electron chi connectivity index (χ4n) is 0.562. The Hall–Kier alpha value is -0.580. The summed E-state index contributed by atoms with van der Waals surface area (Å²) in [5, 5.41) is 2.15. The first-order valence-corrected chi connectivity index (χ1v) is 2.41. The lowest BCUT2D eigenvalue weighted by Crippen LogP contribution is -2.39. The van der Waals surface area contributed by atoms with E-state index in [1.165, 1.54) is 0 Å². The predicted octanol–water partition coefficient (Wildman–Crippen LogP) is 0.549. The summed E-state index contributed by atoms with van der Waals surface area (Å²) in [6, 6.07) is -1.53. The van der Waals surface area contributed by atoms with Gasteiger partial charge in [-0.05, 0) is 0 Å². The summed E-state index contributed by atoms with van der Waals surface area (Å²) < 4.78 is 34.8. The summed E-state index contributed by atoms with van der Waals surface area (Å²) >= 11 is 0. The minimum absolute atomic E-state index is 0.0736. The van der Waals surface area contributed by atoms with Gasteiger partial charge in [-0.2, -0.15) is 13.2 Å². The number of hydrogen-bond acceptors (Lipinski definition) is 2. The van der Waals surface area contributed by atoms with Crippen LogP contribution in [-0.2, 0) is 0 Å². The second-order valence-electron chi connectivity index (χ2n) is 1.71. The van der Waals surface area contributed by atoms with Crippen molar-refractivity contribution in [3.05, 3.63) is 0 Å². The molecule has 0 aromatic heterocycles. The lowest BCUT2D eigenvalue weighted by molar-refractivity contribution is -0.136. The van der Waals surface area contributed by atoms with Crippen LogP contribution in [0.25, 0.3) is 0 Å². The molecule has 0 saturated carbocycles. The third-order valence-corrected chi connectivity index (χ3v) is 1.01. The summed E-state index contributed by atoms with van der Waals surface area (Å²) in [6.07, 6.45) is -3.31. The zero-order valence-corrected chi connectivity index (χ0v) is 4.44. The van der Waals surface area contributed by atoms with Crippen molar-refractivity contribution >= 4 is 6.21 Å². The molecule has 1 aliphatic rings. The van der Waals surface area contributed by atoms with Gasteiger partial charge in [0.15, 0.2) is 0 Å². The van der Waals surface area contributed by atoms with Gasteiger partial charge in [-0.1, -0.05) is 0 Å². The Morgan fingerprint density at radius 2 is 2.22 bits per heavy atom. The number of hydrogen-bond donors (Lipinski definition) is 1. The van der Waals surface area contributed by atoms with E-state index in [1.54, 1.807) is 0 Å². The maximum Gasteiger partial charge on any atom is 0.408 e. The molecule has 0 aliphatic carbocycles. The average Bonchev–Trinajstić information content (AvgIpc) is 2.08. The fourth-order valence-corrected chi connectivity index (χ4v) is 0.562. The van der Waals surface area contributed by atoms with Crippen LogP contribution in [0.4, 0.5) is 13.2 Å². The molecule has 1 atom stereocenters. The van der Waals surface area contributed by atoms with Crippen LogP contribution in [0.1, 0.15) is 0 Å². The van der Waals surface area contributed by atoms with Crippen molar-refractivity contribution in [2.24, 2.45) is 4.99 Å². The number of alkyl halides is 3. The number of rotatable bonds is 0. The Morgan fingerprint density at radius 3 is 2.44 bits per heavy atom. The van der Waals surface area contributed by atoms with Crippen molar-refractivity contribution in [2.45, 2.75) is 12.2 Å². The van der Waals surface area contributed by atoms with Crippen molar-refractivity contribution < 1.29 is 13.2 Å². The van der Waals surface area contributed by atoms with Gasteiger partial charge in [-0.3, -0.25) is 10.3 Å². The SMILES string of the molecule is FC(F)(F)C1C=NCN1. The van der Waals surface area contributed by atoms with Crippen molar-refractivity contribution in [3.8, 4) is 0 Å². The molecule has 0 aromatic rings. The van der Waals surface area contributed by atoms with Gasteiger partial charge in [0.1, 0.15) is 6.04 Å². The summed E-state index contributed by atoms with van der Waals surface area (Å²) in [4.78, 5) is 3.38. The van der Waals surface area contributed by atoms with E-state index in [9.17, 15) is 13.2 Å². The molecule has 1 heterocycles. The van der Waals surface area contributed by atoms with Gasteiger partial charge >= 0.3 is 6.18 Å². The molecule has 52 valence electrons. The first-order chi connectivity index (χ1) is 4.11. The van der Waals surface area contributed by atoms with E-state index in [0.29, 0.717) is 0 Å². The summed E-state index contributed by atoms with van der Waals surface area (Å²) in [7, 11) is 0. The van der Waals surface area contributed by atoms with Gasteiger partial charge in [-0.25, -0.2) is 0 Å². The Labute approximate surface area is 49.8 Å². The molecule has 0 saturated heterocycles. The Morgan fingerprint density at radius 1 is 1.56 bits per heavy atom. The zero-order valence-electron chi connectivity index (χ0n) is 4.44. The zero-order chi connectivity index (χ0) is 6.91. The third-order valence-electron chi connectivity index (χ3n) is 1.01. The minimum atomic E-state index is -4.18. The Kier molecular flexibility index (Phi) is 1.44. The highest BCUT2D eigenvalue weighted by Crippen LogP contribution is 2.19. The molecule has 0 bridgehead atoms. The van der Waals surface area contributed by atoms with Crippen LogP contribution >= 0.6 is 0 Å². The molecule has 0 fully saturated rings. The van der Waals surface area contributed by atoms with Crippen LogP contribution in [0.5, 0.6) is 0 Å². The standard InChI is InChI=1S/C4H5F3N2/c5-4(6,7)3-1-8-2-9-3/h1,3,9H,2H2. The van der Waals surface area contributed by atoms with Crippen molar-refractivity contribution in [3.63, 3.8) is 0 Å². The molecule has 1 unspecified atom stereocenters. The molecule has 0 aromatic carbocycles. The normalized spacial score (nSPS) is 27.2. The highest BCUT2D eigenvalue weighted by molar-refractivity contribution is 5.67. The van der Waals surface area contributed by atoms with Crippen LogP contribution in [0.3, 0.4) is 0 Å². The first-order valence-electron chi connectivity index (χ1n) is 2.41. The second-order valence-corrected chi connectivity index (χ2v) is 1.71. The van der Waals surface area contributed by atoms with Crippen LogP contribution in [0, 0.1) is 0 Å². The van der Waals surface area contributed by atoms with Crippen LogP contribution in [0.15, 0.2) is 4.99 Å². The van der Waals surface area contributed by atoms with Crippen molar-refractivity contribution in [1.29, 1.82) is 0 Å². The minimum Gasteiger partial charge on any atom is -0.283 e. The lowest BCUT2D eigenvalue weighted by Gasteiger charge is -2.10. The summed E-state index contributed by atoms with van der Waals surface area (Å²) in [6.45, 7) is 0.0736. The molecular formula is C4H5F3N2. The maximum absolute atomic E-state index is 11.6. The Bertz CT molecular complexity index is 128. The van der Waals surface area contributed by atoms with E-state index in [4.69, 9.17) is 0 Å². The van der Waals surface area contributed by atoms with E-state index >= 15 is 0 Å². The van der Waals surface area contributed by atoms with E-state index in [0.717, 1.165) is 6.21 Å². The largest absolute Gasteiger partial charge is 0.408 e. The van der Waals surface area contributed by atoms with Gasteiger partial charge in [-0.15, -0.1) is 0 Å². The highest BCUT2D eigenvalue weighted by atomic mass is 19.4. The van der Waals surface area contributed by atoms with Crippen molar-refractivity contribution in [1.82, 2.24) is 5.32 Å². The average molecular weight is 138 g/mol. The lowest BCUT2D eigenvalue weighted by atomic mass is 10.3. The molecule has 1 N–H and O–H groups in total. The number of nitrogens with zero attached hydrogens (tertiary/aromatic N) is 1. The molecule has 0 spiro atoms. The summed E-state index contributed by atoms with van der Waals surface area (Å²) in [5.41, 5.74) is 0. The number of aliphatic imine (C=N–C) groups is 1.